The minimum Gasteiger partial charge on any atom is -0.376 e. The van der Waals surface area contributed by atoms with Crippen molar-refractivity contribution in [2.75, 3.05) is 39.0 Å². The molecule has 2 heterocycles. The molecule has 0 aliphatic carbocycles. The molecule has 2 atom stereocenters. The van der Waals surface area contributed by atoms with Crippen LogP contribution >= 0.6 is 11.8 Å². The number of nitrogens with one attached hydrogen (secondary N) is 2. The molecule has 6 nitrogen and oxygen atoms in total. The zero-order valence-electron chi connectivity index (χ0n) is 17.8. The Bertz CT molecular complexity index is 704. The van der Waals surface area contributed by atoms with Crippen LogP contribution < -0.4 is 10.6 Å². The highest BCUT2D eigenvalue weighted by molar-refractivity contribution is 8.00. The third kappa shape index (κ3) is 6.37. The van der Waals surface area contributed by atoms with E-state index in [2.05, 4.69) is 46.1 Å². The molecule has 0 radical (unpaired) electrons. The molecule has 2 aliphatic heterocycles. The fraction of sp³-hybridized carbons (Fsp3) is 0.636. The normalized spacial score (nSPS) is 22.8. The molecule has 2 saturated heterocycles. The number of ether oxygens (including phenoxy) is 1. The van der Waals surface area contributed by atoms with Gasteiger partial charge in [-0.25, -0.2) is 0 Å². The van der Waals surface area contributed by atoms with Crippen LogP contribution in [0.1, 0.15) is 42.6 Å². The largest absolute Gasteiger partial charge is 0.376 e. The highest BCUT2D eigenvalue weighted by Gasteiger charge is 2.24. The highest BCUT2D eigenvalue weighted by Crippen LogP contribution is 2.24. The van der Waals surface area contributed by atoms with Crippen molar-refractivity contribution < 1.29 is 9.53 Å². The lowest BCUT2D eigenvalue weighted by molar-refractivity contribution is 0.0857. The molecule has 29 heavy (non-hydrogen) atoms. The van der Waals surface area contributed by atoms with Crippen LogP contribution in [0, 0.1) is 5.92 Å². The molecule has 2 N–H and O–H groups in total. The number of benzene rings is 1. The summed E-state index contributed by atoms with van der Waals surface area (Å²) in [5.41, 5.74) is 1.76. The van der Waals surface area contributed by atoms with Gasteiger partial charge in [-0.3, -0.25) is 9.79 Å². The number of carbonyl (C=O) groups excluding carboxylic acids is 1. The number of amides is 1. The van der Waals surface area contributed by atoms with Gasteiger partial charge in [0.25, 0.3) is 5.91 Å². The summed E-state index contributed by atoms with van der Waals surface area (Å²) in [5.74, 6) is 2.68. The second-order valence-electron chi connectivity index (χ2n) is 8.05. The predicted molar refractivity (Wildman–Crippen MR) is 121 cm³/mol. The number of thioether (sulfide) groups is 1. The van der Waals surface area contributed by atoms with Crippen molar-refractivity contribution in [2.24, 2.45) is 10.9 Å². The molecule has 2 aliphatic rings. The molecule has 2 unspecified atom stereocenters. The summed E-state index contributed by atoms with van der Waals surface area (Å²) in [6.45, 7) is 8.64. The van der Waals surface area contributed by atoms with Gasteiger partial charge in [0.2, 0.25) is 0 Å². The molecule has 0 aromatic heterocycles. The Morgan fingerprint density at radius 2 is 2.24 bits per heavy atom. The molecule has 0 spiro atoms. The van der Waals surface area contributed by atoms with E-state index in [1.807, 2.05) is 31.3 Å². The van der Waals surface area contributed by atoms with E-state index < -0.39 is 0 Å². The van der Waals surface area contributed by atoms with E-state index >= 15 is 0 Å². The summed E-state index contributed by atoms with van der Waals surface area (Å²) >= 11 is 2.06. The molecular formula is C22H34N4O2S. The van der Waals surface area contributed by atoms with E-state index in [1.165, 1.54) is 0 Å². The molecule has 7 heteroatoms. The van der Waals surface area contributed by atoms with Crippen LogP contribution in [0.4, 0.5) is 0 Å². The fourth-order valence-electron chi connectivity index (χ4n) is 3.72. The smallest absolute Gasteiger partial charge is 0.251 e. The third-order valence-electron chi connectivity index (χ3n) is 5.50. The molecule has 1 aromatic carbocycles. The quantitative estimate of drug-likeness (QED) is 0.549. The molecule has 2 fully saturated rings. The number of hydrogen-bond donors (Lipinski definition) is 2. The van der Waals surface area contributed by atoms with E-state index in [9.17, 15) is 4.79 Å². The fourth-order valence-corrected chi connectivity index (χ4v) is 5.02. The maximum atomic E-state index is 12.5. The summed E-state index contributed by atoms with van der Waals surface area (Å²) < 4.78 is 5.58. The summed E-state index contributed by atoms with van der Waals surface area (Å²) in [7, 11) is 1.84. The average Bonchev–Trinajstić information content (AvgIpc) is 3.26. The Labute approximate surface area is 178 Å². The van der Waals surface area contributed by atoms with Gasteiger partial charge in [0, 0.05) is 56.4 Å². The van der Waals surface area contributed by atoms with Crippen molar-refractivity contribution >= 4 is 23.6 Å². The summed E-state index contributed by atoms with van der Waals surface area (Å²) in [6, 6.07) is 7.79. The summed E-state index contributed by atoms with van der Waals surface area (Å²) in [4.78, 5) is 19.3. The lowest BCUT2D eigenvalue weighted by Crippen LogP contribution is -2.48. The number of aliphatic imine (C=N–C) groups is 1. The van der Waals surface area contributed by atoms with Gasteiger partial charge >= 0.3 is 0 Å². The average molecular weight is 419 g/mol. The van der Waals surface area contributed by atoms with Crippen LogP contribution in [-0.2, 0) is 11.3 Å². The minimum absolute atomic E-state index is 0.0421. The van der Waals surface area contributed by atoms with Gasteiger partial charge in [0.15, 0.2) is 5.96 Å². The van der Waals surface area contributed by atoms with Gasteiger partial charge < -0.3 is 20.3 Å². The van der Waals surface area contributed by atoms with Crippen molar-refractivity contribution in [2.45, 2.75) is 44.6 Å². The van der Waals surface area contributed by atoms with E-state index in [0.29, 0.717) is 29.8 Å². The van der Waals surface area contributed by atoms with Crippen LogP contribution in [0.25, 0.3) is 0 Å². The first kappa shape index (κ1) is 22.0. The van der Waals surface area contributed by atoms with Crippen molar-refractivity contribution in [3.8, 4) is 0 Å². The van der Waals surface area contributed by atoms with E-state index in [1.54, 1.807) is 0 Å². The van der Waals surface area contributed by atoms with Crippen LogP contribution in [-0.4, -0.2) is 67.2 Å². The van der Waals surface area contributed by atoms with Gasteiger partial charge in [-0.15, -0.1) is 0 Å². The SMILES string of the molecule is CN=C(NCc1cccc(C(=O)NCC2CCCO2)c1)N1CCSC(C(C)C)C1. The van der Waals surface area contributed by atoms with E-state index in [-0.39, 0.29) is 12.0 Å². The first-order valence-corrected chi connectivity index (χ1v) is 11.7. The van der Waals surface area contributed by atoms with Crippen LogP contribution in [0.5, 0.6) is 0 Å². The van der Waals surface area contributed by atoms with Crippen molar-refractivity contribution in [1.82, 2.24) is 15.5 Å². The van der Waals surface area contributed by atoms with Gasteiger partial charge in [-0.05, 0) is 36.5 Å². The monoisotopic (exact) mass is 418 g/mol. The Kier molecular flexibility index (Phi) is 8.24. The number of nitrogens with zero attached hydrogens (tertiary/aromatic N) is 2. The number of hydrogen-bond acceptors (Lipinski definition) is 4. The standard InChI is InChI=1S/C22H34N4O2S/c1-16(2)20-15-26(9-11-29-20)22(23-3)25-13-17-6-4-7-18(12-17)21(27)24-14-19-8-5-10-28-19/h4,6-7,12,16,19-20H,5,8-11,13-15H2,1-3H3,(H,23,25)(H,24,27). The Balaban J connectivity index is 1.53. The third-order valence-corrected chi connectivity index (χ3v) is 7.04. The molecule has 1 amide bonds. The Morgan fingerprint density at radius 1 is 1.38 bits per heavy atom. The molecular weight excluding hydrogens is 384 g/mol. The second-order valence-corrected chi connectivity index (χ2v) is 9.39. The lowest BCUT2D eigenvalue weighted by atomic mass is 10.1. The number of carbonyl (C=O) groups is 1. The molecule has 0 bridgehead atoms. The summed E-state index contributed by atoms with van der Waals surface area (Å²) in [6.07, 6.45) is 2.26. The number of rotatable bonds is 6. The van der Waals surface area contributed by atoms with Crippen molar-refractivity contribution in [1.29, 1.82) is 0 Å². The maximum Gasteiger partial charge on any atom is 0.251 e. The van der Waals surface area contributed by atoms with Gasteiger partial charge in [0.1, 0.15) is 0 Å². The van der Waals surface area contributed by atoms with E-state index in [4.69, 9.17) is 4.74 Å². The van der Waals surface area contributed by atoms with Crippen molar-refractivity contribution in [3.63, 3.8) is 0 Å². The van der Waals surface area contributed by atoms with Gasteiger partial charge in [-0.2, -0.15) is 11.8 Å². The van der Waals surface area contributed by atoms with Gasteiger partial charge in [-0.1, -0.05) is 26.0 Å². The molecule has 160 valence electrons. The van der Waals surface area contributed by atoms with Crippen molar-refractivity contribution in [3.05, 3.63) is 35.4 Å². The predicted octanol–water partition coefficient (Wildman–Crippen LogP) is 2.74. The number of guanidine groups is 1. The lowest BCUT2D eigenvalue weighted by Gasteiger charge is -2.36. The zero-order chi connectivity index (χ0) is 20.6. The zero-order valence-corrected chi connectivity index (χ0v) is 18.6. The maximum absolute atomic E-state index is 12.5. The first-order chi connectivity index (χ1) is 14.1. The second kappa shape index (κ2) is 10.9. The van der Waals surface area contributed by atoms with Crippen LogP contribution in [0.15, 0.2) is 29.3 Å². The Morgan fingerprint density at radius 3 is 2.97 bits per heavy atom. The minimum atomic E-state index is -0.0421. The van der Waals surface area contributed by atoms with Crippen LogP contribution in [0.2, 0.25) is 0 Å². The topological polar surface area (TPSA) is 66.0 Å². The van der Waals surface area contributed by atoms with Gasteiger partial charge in [0.05, 0.1) is 6.10 Å². The highest BCUT2D eigenvalue weighted by atomic mass is 32.2. The first-order valence-electron chi connectivity index (χ1n) is 10.6. The molecule has 1 aromatic rings. The molecule has 0 saturated carbocycles. The van der Waals surface area contributed by atoms with E-state index in [0.717, 1.165) is 49.8 Å². The Hall–Kier alpha value is -1.73. The summed E-state index contributed by atoms with van der Waals surface area (Å²) in [5, 5.41) is 7.10. The molecule has 3 rings (SSSR count). The van der Waals surface area contributed by atoms with Crippen LogP contribution in [0.3, 0.4) is 0 Å².